The minimum atomic E-state index is -0.509. The number of rotatable bonds is 7. The van der Waals surface area contributed by atoms with Gasteiger partial charge in [0.2, 0.25) is 5.91 Å². The summed E-state index contributed by atoms with van der Waals surface area (Å²) in [6, 6.07) is 13.8. The Morgan fingerprint density at radius 1 is 1.16 bits per heavy atom. The number of hydrazone groups is 1. The number of hydrogen-bond acceptors (Lipinski definition) is 7. The molecule has 3 rings (SSSR count). The summed E-state index contributed by atoms with van der Waals surface area (Å²) in [4.78, 5) is 33.9. The highest BCUT2D eigenvalue weighted by molar-refractivity contribution is 5.97. The van der Waals surface area contributed by atoms with Crippen molar-refractivity contribution in [2.75, 3.05) is 12.4 Å². The van der Waals surface area contributed by atoms with Crippen molar-refractivity contribution >= 4 is 29.4 Å². The lowest BCUT2D eigenvalue weighted by atomic mass is 10.1. The first kappa shape index (κ1) is 21.2. The summed E-state index contributed by atoms with van der Waals surface area (Å²) < 4.78 is 10.9. The molecular formula is C21H18N4O6. The molecule has 2 aromatic carbocycles. The van der Waals surface area contributed by atoms with Crippen molar-refractivity contribution in [2.24, 2.45) is 5.10 Å². The fourth-order valence-corrected chi connectivity index (χ4v) is 2.73. The average molecular weight is 422 g/mol. The molecule has 0 atom stereocenters. The Balaban J connectivity index is 1.72. The van der Waals surface area contributed by atoms with Gasteiger partial charge in [0.15, 0.2) is 0 Å². The molecular weight excluding hydrogens is 404 g/mol. The fraction of sp³-hybridized carbons (Fsp3) is 0.0952. The van der Waals surface area contributed by atoms with Crippen LogP contribution >= 0.6 is 0 Å². The molecule has 158 valence electrons. The number of anilines is 1. The van der Waals surface area contributed by atoms with E-state index < -0.39 is 10.8 Å². The zero-order valence-corrected chi connectivity index (χ0v) is 16.6. The number of furan rings is 1. The van der Waals surface area contributed by atoms with Crippen LogP contribution < -0.4 is 15.5 Å². The highest BCUT2D eigenvalue weighted by Crippen LogP contribution is 2.34. The largest absolute Gasteiger partial charge is 0.496 e. The molecule has 0 aliphatic rings. The second-order valence-corrected chi connectivity index (χ2v) is 6.30. The highest BCUT2D eigenvalue weighted by Gasteiger charge is 2.15. The van der Waals surface area contributed by atoms with Crippen LogP contribution in [0.4, 0.5) is 11.4 Å². The van der Waals surface area contributed by atoms with Crippen molar-refractivity contribution in [1.29, 1.82) is 0 Å². The lowest BCUT2D eigenvalue weighted by Crippen LogP contribution is -2.18. The highest BCUT2D eigenvalue weighted by atomic mass is 16.6. The molecule has 1 aromatic heterocycles. The van der Waals surface area contributed by atoms with Gasteiger partial charge in [-0.15, -0.1) is 0 Å². The molecule has 0 bridgehead atoms. The van der Waals surface area contributed by atoms with Gasteiger partial charge in [-0.2, -0.15) is 5.10 Å². The average Bonchev–Trinajstić information content (AvgIpc) is 3.21. The lowest BCUT2D eigenvalue weighted by molar-refractivity contribution is -0.384. The summed E-state index contributed by atoms with van der Waals surface area (Å²) in [5.74, 6) is 0.350. The molecule has 2 amide bonds. The monoisotopic (exact) mass is 422 g/mol. The van der Waals surface area contributed by atoms with Gasteiger partial charge < -0.3 is 14.5 Å². The zero-order valence-electron chi connectivity index (χ0n) is 16.6. The summed E-state index contributed by atoms with van der Waals surface area (Å²) in [5.41, 5.74) is 3.48. The SMILES string of the molecule is COc1ccc([N+](=O)[O-])cc1-c1ccc(/C=N\NC(=O)c2cccc(NC(C)=O)c2)o1. The van der Waals surface area contributed by atoms with Gasteiger partial charge in [-0.25, -0.2) is 5.43 Å². The van der Waals surface area contributed by atoms with Gasteiger partial charge in [0.1, 0.15) is 17.3 Å². The van der Waals surface area contributed by atoms with E-state index in [9.17, 15) is 19.7 Å². The molecule has 1 heterocycles. The maximum atomic E-state index is 12.2. The normalized spacial score (nSPS) is 10.6. The number of nitro benzene ring substituents is 1. The first-order chi connectivity index (χ1) is 14.9. The first-order valence-corrected chi connectivity index (χ1v) is 9.01. The maximum Gasteiger partial charge on any atom is 0.271 e. The number of methoxy groups -OCH3 is 1. The summed E-state index contributed by atoms with van der Waals surface area (Å²) in [6.07, 6.45) is 1.29. The van der Waals surface area contributed by atoms with Gasteiger partial charge in [-0.3, -0.25) is 19.7 Å². The molecule has 10 heteroatoms. The van der Waals surface area contributed by atoms with E-state index in [4.69, 9.17) is 9.15 Å². The Hall–Kier alpha value is -4.47. The van der Waals surface area contributed by atoms with Crippen LogP contribution in [-0.4, -0.2) is 30.1 Å². The summed E-state index contributed by atoms with van der Waals surface area (Å²) >= 11 is 0. The molecule has 3 aromatic rings. The molecule has 31 heavy (non-hydrogen) atoms. The van der Waals surface area contributed by atoms with E-state index in [1.165, 1.54) is 44.5 Å². The smallest absolute Gasteiger partial charge is 0.271 e. The number of nitrogens with one attached hydrogen (secondary N) is 2. The van der Waals surface area contributed by atoms with Gasteiger partial charge in [-0.05, 0) is 36.4 Å². The Morgan fingerprint density at radius 2 is 1.97 bits per heavy atom. The minimum Gasteiger partial charge on any atom is -0.496 e. The molecule has 0 fully saturated rings. The van der Waals surface area contributed by atoms with E-state index in [1.54, 1.807) is 30.3 Å². The van der Waals surface area contributed by atoms with Crippen molar-refractivity contribution < 1.29 is 23.7 Å². The summed E-state index contributed by atoms with van der Waals surface area (Å²) in [5, 5.41) is 17.5. The van der Waals surface area contributed by atoms with Gasteiger partial charge in [0.25, 0.3) is 11.6 Å². The summed E-state index contributed by atoms with van der Waals surface area (Å²) in [7, 11) is 1.45. The maximum absolute atomic E-state index is 12.2. The second kappa shape index (κ2) is 9.35. The van der Waals surface area contributed by atoms with Crippen LogP contribution in [0.1, 0.15) is 23.0 Å². The minimum absolute atomic E-state index is 0.101. The fourth-order valence-electron chi connectivity index (χ4n) is 2.73. The summed E-state index contributed by atoms with van der Waals surface area (Å²) in [6.45, 7) is 1.37. The number of nitro groups is 1. The van der Waals surface area contributed by atoms with E-state index in [0.29, 0.717) is 34.1 Å². The molecule has 2 N–H and O–H groups in total. The van der Waals surface area contributed by atoms with Crippen LogP contribution in [0.15, 0.2) is 64.1 Å². The topological polar surface area (TPSA) is 136 Å². The predicted octanol–water partition coefficient (Wildman–Crippen LogP) is 3.59. The quantitative estimate of drug-likeness (QED) is 0.339. The van der Waals surface area contributed by atoms with Gasteiger partial charge in [0.05, 0.1) is 23.8 Å². The van der Waals surface area contributed by atoms with Gasteiger partial charge in [-0.1, -0.05) is 6.07 Å². The van der Waals surface area contributed by atoms with Crippen LogP contribution in [0, 0.1) is 10.1 Å². The van der Waals surface area contributed by atoms with Crippen molar-refractivity contribution in [2.45, 2.75) is 6.92 Å². The van der Waals surface area contributed by atoms with Crippen LogP contribution in [0.3, 0.4) is 0 Å². The number of ether oxygens (including phenoxy) is 1. The third-order valence-electron chi connectivity index (χ3n) is 4.09. The van der Waals surface area contributed by atoms with E-state index in [0.717, 1.165) is 0 Å². The van der Waals surface area contributed by atoms with Crippen molar-refractivity contribution in [3.05, 3.63) is 76.0 Å². The van der Waals surface area contributed by atoms with Crippen molar-refractivity contribution in [1.82, 2.24) is 5.43 Å². The number of carbonyl (C=O) groups is 2. The lowest BCUT2D eigenvalue weighted by Gasteiger charge is -2.05. The molecule has 0 radical (unpaired) electrons. The third kappa shape index (κ3) is 5.32. The standard InChI is InChI=1S/C21H18N4O6/c1-13(26)23-15-5-3-4-14(10-15)21(27)24-22-12-17-7-9-20(31-17)18-11-16(25(28)29)6-8-19(18)30-2/h3-12H,1-2H3,(H,23,26)(H,24,27)/b22-12-. The van der Waals surface area contributed by atoms with Crippen LogP contribution in [-0.2, 0) is 4.79 Å². The van der Waals surface area contributed by atoms with Gasteiger partial charge in [0, 0.05) is 30.3 Å². The number of amides is 2. The van der Waals surface area contributed by atoms with Crippen molar-refractivity contribution in [3.8, 4) is 17.1 Å². The van der Waals surface area contributed by atoms with Crippen LogP contribution in [0.2, 0.25) is 0 Å². The number of carbonyl (C=O) groups excluding carboxylic acids is 2. The molecule has 10 nitrogen and oxygen atoms in total. The van der Waals surface area contributed by atoms with E-state index in [1.807, 2.05) is 0 Å². The number of hydrogen-bond donors (Lipinski definition) is 2. The number of benzene rings is 2. The predicted molar refractivity (Wildman–Crippen MR) is 113 cm³/mol. The molecule has 0 unspecified atom stereocenters. The molecule has 0 spiro atoms. The van der Waals surface area contributed by atoms with Crippen LogP contribution in [0.25, 0.3) is 11.3 Å². The van der Waals surface area contributed by atoms with Crippen molar-refractivity contribution in [3.63, 3.8) is 0 Å². The Labute approximate surface area is 176 Å². The van der Waals surface area contributed by atoms with Gasteiger partial charge >= 0.3 is 0 Å². The first-order valence-electron chi connectivity index (χ1n) is 9.01. The Kier molecular flexibility index (Phi) is 6.41. The molecule has 0 saturated heterocycles. The Morgan fingerprint density at radius 3 is 2.68 bits per heavy atom. The van der Waals surface area contributed by atoms with E-state index >= 15 is 0 Å². The number of nitrogens with zero attached hydrogens (tertiary/aromatic N) is 2. The van der Waals surface area contributed by atoms with Crippen LogP contribution in [0.5, 0.6) is 5.75 Å². The molecule has 0 aliphatic carbocycles. The zero-order chi connectivity index (χ0) is 22.4. The molecule has 0 aliphatic heterocycles. The van der Waals surface area contributed by atoms with E-state index in [2.05, 4.69) is 15.8 Å². The number of non-ortho nitro benzene ring substituents is 1. The molecule has 0 saturated carbocycles. The van der Waals surface area contributed by atoms with E-state index in [-0.39, 0.29) is 11.6 Å². The second-order valence-electron chi connectivity index (χ2n) is 6.30. The third-order valence-corrected chi connectivity index (χ3v) is 4.09. The Bertz CT molecular complexity index is 1170.